The van der Waals surface area contributed by atoms with Crippen molar-refractivity contribution in [3.05, 3.63) is 27.3 Å². The first-order chi connectivity index (χ1) is 6.19. The van der Waals surface area contributed by atoms with Crippen LogP contribution in [0, 0.1) is 3.57 Å². The highest BCUT2D eigenvalue weighted by molar-refractivity contribution is 14.1. The van der Waals surface area contributed by atoms with Crippen molar-refractivity contribution in [1.82, 2.24) is 0 Å². The van der Waals surface area contributed by atoms with E-state index in [1.165, 1.54) is 0 Å². The molecule has 0 unspecified atom stereocenters. The van der Waals surface area contributed by atoms with E-state index in [-0.39, 0.29) is 5.84 Å². The van der Waals surface area contributed by atoms with Crippen LogP contribution in [0.3, 0.4) is 0 Å². The fourth-order valence-corrected chi connectivity index (χ4v) is 1.49. The summed E-state index contributed by atoms with van der Waals surface area (Å²) in [6.07, 6.45) is 0. The SMILES string of the molecule is COc1ccc(I)c(/C(N)=N/O)c1. The van der Waals surface area contributed by atoms with Gasteiger partial charge in [0.15, 0.2) is 5.84 Å². The van der Waals surface area contributed by atoms with Crippen LogP contribution >= 0.6 is 22.6 Å². The summed E-state index contributed by atoms with van der Waals surface area (Å²) in [4.78, 5) is 0. The van der Waals surface area contributed by atoms with Gasteiger partial charge in [0.25, 0.3) is 0 Å². The number of hydrogen-bond donors (Lipinski definition) is 2. The minimum absolute atomic E-state index is 0.0864. The van der Waals surface area contributed by atoms with Gasteiger partial charge in [0.1, 0.15) is 5.75 Å². The largest absolute Gasteiger partial charge is 0.497 e. The summed E-state index contributed by atoms with van der Waals surface area (Å²) < 4.78 is 5.92. The Morgan fingerprint density at radius 1 is 1.62 bits per heavy atom. The van der Waals surface area contributed by atoms with Gasteiger partial charge in [-0.2, -0.15) is 0 Å². The second-order valence-electron chi connectivity index (χ2n) is 2.33. The van der Waals surface area contributed by atoms with Gasteiger partial charge < -0.3 is 15.7 Å². The van der Waals surface area contributed by atoms with Crippen LogP contribution in [0.25, 0.3) is 0 Å². The highest BCUT2D eigenvalue weighted by Crippen LogP contribution is 2.18. The Bertz CT molecular complexity index is 339. The van der Waals surface area contributed by atoms with Crippen molar-refractivity contribution in [2.45, 2.75) is 0 Å². The van der Waals surface area contributed by atoms with E-state index in [9.17, 15) is 0 Å². The molecule has 0 aliphatic heterocycles. The minimum atomic E-state index is 0.0864. The van der Waals surface area contributed by atoms with Gasteiger partial charge in [-0.3, -0.25) is 0 Å². The van der Waals surface area contributed by atoms with Gasteiger partial charge in [0, 0.05) is 9.13 Å². The van der Waals surface area contributed by atoms with Crippen LogP contribution in [0.4, 0.5) is 0 Å². The number of benzene rings is 1. The Hall–Kier alpha value is -0.980. The zero-order valence-electron chi connectivity index (χ0n) is 6.99. The van der Waals surface area contributed by atoms with Gasteiger partial charge in [-0.15, -0.1) is 0 Å². The topological polar surface area (TPSA) is 67.8 Å². The molecule has 0 saturated heterocycles. The lowest BCUT2D eigenvalue weighted by molar-refractivity contribution is 0.318. The average molecular weight is 292 g/mol. The maximum Gasteiger partial charge on any atom is 0.171 e. The molecule has 1 aromatic rings. The van der Waals surface area contributed by atoms with Crippen LogP contribution in [0.15, 0.2) is 23.4 Å². The van der Waals surface area contributed by atoms with Gasteiger partial charge in [-0.1, -0.05) is 5.16 Å². The van der Waals surface area contributed by atoms with E-state index in [0.717, 1.165) is 3.57 Å². The molecule has 13 heavy (non-hydrogen) atoms. The third-order valence-electron chi connectivity index (χ3n) is 1.56. The van der Waals surface area contributed by atoms with Gasteiger partial charge >= 0.3 is 0 Å². The first-order valence-corrected chi connectivity index (χ1v) is 4.58. The van der Waals surface area contributed by atoms with Crippen LogP contribution in [-0.4, -0.2) is 18.2 Å². The molecular formula is C8H9IN2O2. The molecule has 70 valence electrons. The highest BCUT2D eigenvalue weighted by Gasteiger charge is 2.05. The van der Waals surface area contributed by atoms with Crippen LogP contribution in [0.1, 0.15) is 5.56 Å². The number of nitrogens with zero attached hydrogens (tertiary/aromatic N) is 1. The van der Waals surface area contributed by atoms with Crippen molar-refractivity contribution in [2.24, 2.45) is 10.9 Å². The number of amidine groups is 1. The molecule has 0 heterocycles. The minimum Gasteiger partial charge on any atom is -0.497 e. The lowest BCUT2D eigenvalue weighted by atomic mass is 10.2. The monoisotopic (exact) mass is 292 g/mol. The fourth-order valence-electron chi connectivity index (χ4n) is 0.882. The van der Waals surface area contributed by atoms with Gasteiger partial charge in [-0.25, -0.2) is 0 Å². The third kappa shape index (κ3) is 2.24. The fraction of sp³-hybridized carbons (Fsp3) is 0.125. The first-order valence-electron chi connectivity index (χ1n) is 3.50. The highest BCUT2D eigenvalue weighted by atomic mass is 127. The Morgan fingerprint density at radius 2 is 2.31 bits per heavy atom. The summed E-state index contributed by atoms with van der Waals surface area (Å²) >= 11 is 2.10. The number of methoxy groups -OCH3 is 1. The molecule has 0 amide bonds. The average Bonchev–Trinajstić information content (AvgIpc) is 2.17. The molecule has 0 aromatic heterocycles. The molecule has 1 rings (SSSR count). The summed E-state index contributed by atoms with van der Waals surface area (Å²) in [6, 6.07) is 5.37. The molecule has 3 N–H and O–H groups in total. The predicted octanol–water partition coefficient (Wildman–Crippen LogP) is 1.39. The summed E-state index contributed by atoms with van der Waals surface area (Å²) in [6.45, 7) is 0. The quantitative estimate of drug-likeness (QED) is 0.284. The first kappa shape index (κ1) is 10.1. The van der Waals surface area contributed by atoms with E-state index >= 15 is 0 Å². The Balaban J connectivity index is 3.19. The van der Waals surface area contributed by atoms with E-state index in [0.29, 0.717) is 11.3 Å². The Labute approximate surface area is 89.5 Å². The number of rotatable bonds is 2. The zero-order valence-corrected chi connectivity index (χ0v) is 9.15. The van der Waals surface area contributed by atoms with Crippen LogP contribution in [0.5, 0.6) is 5.75 Å². The van der Waals surface area contributed by atoms with E-state index in [1.54, 1.807) is 13.2 Å². The molecule has 0 aliphatic carbocycles. The van der Waals surface area contributed by atoms with E-state index in [4.69, 9.17) is 15.7 Å². The molecule has 5 heteroatoms. The molecule has 0 atom stereocenters. The molecule has 4 nitrogen and oxygen atoms in total. The van der Waals surface area contributed by atoms with E-state index in [1.807, 2.05) is 12.1 Å². The molecule has 0 saturated carbocycles. The summed E-state index contributed by atoms with van der Waals surface area (Å²) in [5.74, 6) is 0.769. The van der Waals surface area contributed by atoms with Crippen molar-refractivity contribution in [2.75, 3.05) is 7.11 Å². The molecule has 0 fully saturated rings. The lowest BCUT2D eigenvalue weighted by Gasteiger charge is -2.05. The van der Waals surface area contributed by atoms with Crippen molar-refractivity contribution in [3.8, 4) is 5.75 Å². The maximum absolute atomic E-state index is 8.50. The number of oxime groups is 1. The summed E-state index contributed by atoms with van der Waals surface area (Å²) in [7, 11) is 1.57. The number of nitrogens with two attached hydrogens (primary N) is 1. The maximum atomic E-state index is 8.50. The van der Waals surface area contributed by atoms with Crippen LogP contribution in [0.2, 0.25) is 0 Å². The Morgan fingerprint density at radius 3 is 2.85 bits per heavy atom. The molecule has 1 aromatic carbocycles. The second kappa shape index (κ2) is 4.31. The molecule has 0 spiro atoms. The summed E-state index contributed by atoms with van der Waals surface area (Å²) in [5.41, 5.74) is 6.13. The van der Waals surface area contributed by atoms with Crippen LogP contribution in [-0.2, 0) is 0 Å². The second-order valence-corrected chi connectivity index (χ2v) is 3.49. The van der Waals surface area contributed by atoms with Crippen molar-refractivity contribution in [1.29, 1.82) is 0 Å². The Kier molecular flexibility index (Phi) is 3.35. The van der Waals surface area contributed by atoms with Gasteiger partial charge in [-0.05, 0) is 40.8 Å². The number of halogens is 1. The van der Waals surface area contributed by atoms with E-state index < -0.39 is 0 Å². The predicted molar refractivity (Wildman–Crippen MR) is 58.2 cm³/mol. The third-order valence-corrected chi connectivity index (χ3v) is 2.50. The molecular weight excluding hydrogens is 283 g/mol. The summed E-state index contributed by atoms with van der Waals surface area (Å²) in [5, 5.41) is 11.4. The number of hydrogen-bond acceptors (Lipinski definition) is 3. The lowest BCUT2D eigenvalue weighted by Crippen LogP contribution is -2.14. The van der Waals surface area contributed by atoms with Crippen molar-refractivity contribution < 1.29 is 9.94 Å². The van der Waals surface area contributed by atoms with Crippen molar-refractivity contribution >= 4 is 28.4 Å². The molecule has 0 bridgehead atoms. The normalized spacial score (nSPS) is 11.4. The molecule has 0 aliphatic rings. The number of ether oxygens (including phenoxy) is 1. The van der Waals surface area contributed by atoms with Crippen molar-refractivity contribution in [3.63, 3.8) is 0 Å². The standard InChI is InChI=1S/C8H9IN2O2/c1-13-5-2-3-7(9)6(4-5)8(10)11-12/h2-4,12H,1H3,(H2,10,11). The van der Waals surface area contributed by atoms with Gasteiger partial charge in [0.05, 0.1) is 7.11 Å². The molecule has 0 radical (unpaired) electrons. The van der Waals surface area contributed by atoms with Crippen LogP contribution < -0.4 is 10.5 Å². The van der Waals surface area contributed by atoms with Gasteiger partial charge in [0.2, 0.25) is 0 Å². The zero-order chi connectivity index (χ0) is 9.84. The van der Waals surface area contributed by atoms with E-state index in [2.05, 4.69) is 27.7 Å². The smallest absolute Gasteiger partial charge is 0.171 e.